The van der Waals surface area contributed by atoms with Gasteiger partial charge in [-0.15, -0.1) is 10.2 Å². The van der Waals surface area contributed by atoms with Gasteiger partial charge in [-0.1, -0.05) is 29.8 Å². The van der Waals surface area contributed by atoms with E-state index in [0.29, 0.717) is 17.7 Å². The first-order valence-electron chi connectivity index (χ1n) is 3.22. The van der Waals surface area contributed by atoms with Crippen molar-refractivity contribution < 1.29 is 0 Å². The first kappa shape index (κ1) is 9.45. The van der Waals surface area contributed by atoms with Gasteiger partial charge in [-0.05, 0) is 11.6 Å². The van der Waals surface area contributed by atoms with Crippen LogP contribution in [-0.2, 0) is 0 Å². The van der Waals surface area contributed by atoms with Gasteiger partial charge in [0.25, 0.3) is 0 Å². The molecule has 1 aromatic rings. The van der Waals surface area contributed by atoms with Crippen LogP contribution in [0, 0.1) is 0 Å². The van der Waals surface area contributed by atoms with E-state index in [0.717, 1.165) is 0 Å². The molecule has 2 N–H and O–H groups in total. The smallest absolute Gasteiger partial charge is 0.159 e. The average Bonchev–Trinajstić information content (AvgIpc) is 2.08. The van der Waals surface area contributed by atoms with Gasteiger partial charge in [-0.3, -0.25) is 0 Å². The van der Waals surface area contributed by atoms with E-state index in [1.54, 1.807) is 6.07 Å². The fourth-order valence-electron chi connectivity index (χ4n) is 0.711. The first-order valence-corrected chi connectivity index (χ1v) is 3.97. The van der Waals surface area contributed by atoms with Gasteiger partial charge in [0.1, 0.15) is 0 Å². The van der Waals surface area contributed by atoms with Gasteiger partial charge in [0.15, 0.2) is 10.3 Å². The molecule has 0 fully saturated rings. The summed E-state index contributed by atoms with van der Waals surface area (Å²) in [5.74, 6) is 0. The minimum absolute atomic E-state index is 0.273. The maximum Gasteiger partial charge on any atom is 0.159 e. The summed E-state index contributed by atoms with van der Waals surface area (Å²) in [6.07, 6.45) is 0. The molecule has 1 aromatic heterocycles. The molecule has 5 heteroatoms. The van der Waals surface area contributed by atoms with Crippen LogP contribution in [0.15, 0.2) is 12.6 Å². The molecule has 1 rings (SSSR count). The zero-order valence-electron chi connectivity index (χ0n) is 6.22. The van der Waals surface area contributed by atoms with Gasteiger partial charge >= 0.3 is 0 Å². The zero-order valence-corrected chi connectivity index (χ0v) is 7.73. The minimum atomic E-state index is 0.273. The van der Waals surface area contributed by atoms with Gasteiger partial charge < -0.3 is 5.73 Å². The Morgan fingerprint density at radius 2 is 2.17 bits per heavy atom. The molecule has 0 saturated heterocycles. The largest absolute Gasteiger partial charge is 0.326 e. The van der Waals surface area contributed by atoms with Crippen molar-refractivity contribution in [1.29, 1.82) is 0 Å². The summed E-state index contributed by atoms with van der Waals surface area (Å²) in [6, 6.07) is 1.59. The lowest BCUT2D eigenvalue weighted by molar-refractivity contribution is 1.02. The number of aromatic nitrogens is 2. The van der Waals surface area contributed by atoms with Gasteiger partial charge in [0.05, 0.1) is 0 Å². The van der Waals surface area contributed by atoms with Crippen molar-refractivity contribution in [2.24, 2.45) is 5.73 Å². The quantitative estimate of drug-likeness (QED) is 0.798. The van der Waals surface area contributed by atoms with Gasteiger partial charge in [0, 0.05) is 12.1 Å². The highest BCUT2D eigenvalue weighted by Gasteiger charge is 2.05. The summed E-state index contributed by atoms with van der Waals surface area (Å²) < 4.78 is 0. The number of halogens is 2. The minimum Gasteiger partial charge on any atom is -0.326 e. The number of hydrogen-bond acceptors (Lipinski definition) is 3. The van der Waals surface area contributed by atoms with E-state index < -0.39 is 0 Å². The number of hydrogen-bond donors (Lipinski definition) is 1. The van der Waals surface area contributed by atoms with E-state index in [9.17, 15) is 0 Å². The lowest BCUT2D eigenvalue weighted by Crippen LogP contribution is -2.02. The molecule has 0 bridgehead atoms. The molecule has 0 unspecified atom stereocenters. The monoisotopic (exact) mass is 203 g/mol. The molecule has 0 amide bonds. The lowest BCUT2D eigenvalue weighted by atomic mass is 10.1. The summed E-state index contributed by atoms with van der Waals surface area (Å²) in [4.78, 5) is 0. The van der Waals surface area contributed by atoms with Crippen molar-refractivity contribution in [1.82, 2.24) is 10.2 Å². The Balaban J connectivity index is 3.13. The third-order valence-corrected chi connectivity index (χ3v) is 1.81. The fourth-order valence-corrected chi connectivity index (χ4v) is 1.08. The lowest BCUT2D eigenvalue weighted by Gasteiger charge is -2.03. The number of nitrogens with two attached hydrogens (primary N) is 1. The van der Waals surface area contributed by atoms with E-state index in [2.05, 4.69) is 16.8 Å². The number of nitrogens with zero attached hydrogens (tertiary/aromatic N) is 2. The molecule has 0 radical (unpaired) electrons. The van der Waals surface area contributed by atoms with Crippen molar-refractivity contribution in [2.45, 2.75) is 0 Å². The molecule has 3 nitrogen and oxygen atoms in total. The maximum absolute atomic E-state index is 5.72. The van der Waals surface area contributed by atoms with Crippen molar-refractivity contribution in [2.75, 3.05) is 6.54 Å². The van der Waals surface area contributed by atoms with Crippen LogP contribution in [0.1, 0.15) is 5.56 Å². The predicted octanol–water partition coefficient (Wildman–Crippen LogP) is 1.76. The zero-order chi connectivity index (χ0) is 9.14. The normalized spacial score (nSPS) is 9.92. The second kappa shape index (κ2) is 3.85. The summed E-state index contributed by atoms with van der Waals surface area (Å²) >= 11 is 11.3. The van der Waals surface area contributed by atoms with Crippen molar-refractivity contribution in [3.63, 3.8) is 0 Å². The van der Waals surface area contributed by atoms with Crippen LogP contribution in [0.3, 0.4) is 0 Å². The average molecular weight is 204 g/mol. The van der Waals surface area contributed by atoms with Crippen LogP contribution in [-0.4, -0.2) is 16.7 Å². The Labute approximate surface area is 80.2 Å². The second-order valence-corrected chi connectivity index (χ2v) is 2.92. The van der Waals surface area contributed by atoms with E-state index in [1.165, 1.54) is 0 Å². The topological polar surface area (TPSA) is 51.8 Å². The molecule has 12 heavy (non-hydrogen) atoms. The van der Waals surface area contributed by atoms with E-state index in [1.807, 2.05) is 0 Å². The summed E-state index contributed by atoms with van der Waals surface area (Å²) in [5, 5.41) is 7.73. The van der Waals surface area contributed by atoms with Crippen molar-refractivity contribution in [3.05, 3.63) is 28.5 Å². The van der Waals surface area contributed by atoms with Crippen molar-refractivity contribution in [3.8, 4) is 0 Å². The molecule has 0 aliphatic heterocycles. The fraction of sp³-hybridized carbons (Fsp3) is 0.143. The third-order valence-electron chi connectivity index (χ3n) is 1.35. The highest BCUT2D eigenvalue weighted by atomic mass is 35.5. The first-order chi connectivity index (χ1) is 5.65. The molecular weight excluding hydrogens is 197 g/mol. The van der Waals surface area contributed by atoms with Crippen molar-refractivity contribution >= 4 is 28.8 Å². The SMILES string of the molecule is C=C(CN)c1cc(Cl)nnc1Cl. The standard InChI is InChI=1S/C7H7Cl2N3/c1-4(3-10)5-2-6(8)11-12-7(5)9/h2H,1,3,10H2. The van der Waals surface area contributed by atoms with Crippen LogP contribution in [0.2, 0.25) is 10.3 Å². The van der Waals surface area contributed by atoms with Crippen LogP contribution < -0.4 is 5.73 Å². The van der Waals surface area contributed by atoms with E-state index in [-0.39, 0.29) is 10.3 Å². The van der Waals surface area contributed by atoms with Crippen LogP contribution >= 0.6 is 23.2 Å². The Bertz CT molecular complexity index is 312. The van der Waals surface area contributed by atoms with Crippen LogP contribution in [0.4, 0.5) is 0 Å². The second-order valence-electron chi connectivity index (χ2n) is 2.18. The molecule has 64 valence electrons. The number of rotatable bonds is 2. The Morgan fingerprint density at radius 3 is 2.75 bits per heavy atom. The summed E-state index contributed by atoms with van der Waals surface area (Å²) in [5.41, 5.74) is 6.72. The van der Waals surface area contributed by atoms with E-state index in [4.69, 9.17) is 28.9 Å². The van der Waals surface area contributed by atoms with Gasteiger partial charge in [-0.25, -0.2) is 0 Å². The van der Waals surface area contributed by atoms with E-state index >= 15 is 0 Å². The van der Waals surface area contributed by atoms with Gasteiger partial charge in [-0.2, -0.15) is 0 Å². The van der Waals surface area contributed by atoms with Crippen LogP contribution in [0.5, 0.6) is 0 Å². The Morgan fingerprint density at radius 1 is 1.50 bits per heavy atom. The maximum atomic E-state index is 5.72. The molecule has 0 spiro atoms. The summed E-state index contributed by atoms with van der Waals surface area (Å²) in [7, 11) is 0. The molecule has 0 atom stereocenters. The highest BCUT2D eigenvalue weighted by Crippen LogP contribution is 2.21. The Kier molecular flexibility index (Phi) is 3.03. The third kappa shape index (κ3) is 1.94. The van der Waals surface area contributed by atoms with Gasteiger partial charge in [0.2, 0.25) is 0 Å². The highest BCUT2D eigenvalue weighted by molar-refractivity contribution is 6.32. The van der Waals surface area contributed by atoms with Crippen LogP contribution in [0.25, 0.3) is 5.57 Å². The molecule has 0 saturated carbocycles. The Hall–Kier alpha value is -0.640. The molecule has 0 aromatic carbocycles. The molecule has 0 aliphatic carbocycles. The molecular formula is C7H7Cl2N3. The predicted molar refractivity (Wildman–Crippen MR) is 50.1 cm³/mol. The molecule has 0 aliphatic rings. The summed E-state index contributed by atoms with van der Waals surface area (Å²) in [6.45, 7) is 4.03. The molecule has 1 heterocycles.